The van der Waals surface area contributed by atoms with Gasteiger partial charge in [0.1, 0.15) is 6.10 Å². The summed E-state index contributed by atoms with van der Waals surface area (Å²) in [4.78, 5) is 11.2. The summed E-state index contributed by atoms with van der Waals surface area (Å²) in [6.45, 7) is 9.22. The molecule has 0 saturated heterocycles. The summed E-state index contributed by atoms with van der Waals surface area (Å²) in [5.41, 5.74) is 0.937. The first-order valence-electron chi connectivity index (χ1n) is 3.97. The van der Waals surface area contributed by atoms with E-state index < -0.39 is 6.10 Å². The molecule has 0 saturated carbocycles. The number of hydrogen-bond donors (Lipinski definition) is 1. The SMILES string of the molecule is C=C(C)[C@@H](C)NC(=O)C(C)OC. The quantitative estimate of drug-likeness (QED) is 0.643. The van der Waals surface area contributed by atoms with E-state index >= 15 is 0 Å². The number of carbonyl (C=O) groups excluding carboxylic acids is 1. The number of ether oxygens (including phenoxy) is 1. The van der Waals surface area contributed by atoms with E-state index in [9.17, 15) is 4.79 Å². The second kappa shape index (κ2) is 4.93. The summed E-state index contributed by atoms with van der Waals surface area (Å²) in [5, 5.41) is 2.77. The van der Waals surface area contributed by atoms with Crippen LogP contribution in [-0.2, 0) is 9.53 Å². The minimum Gasteiger partial charge on any atom is -0.372 e. The molecule has 1 amide bonds. The minimum absolute atomic E-state index is 0.00935. The van der Waals surface area contributed by atoms with Gasteiger partial charge in [0.25, 0.3) is 0 Å². The molecule has 0 aliphatic heterocycles. The van der Waals surface area contributed by atoms with Crippen molar-refractivity contribution in [1.29, 1.82) is 0 Å². The molecule has 70 valence electrons. The van der Waals surface area contributed by atoms with Crippen LogP contribution >= 0.6 is 0 Å². The van der Waals surface area contributed by atoms with Gasteiger partial charge in [0.2, 0.25) is 5.91 Å². The monoisotopic (exact) mass is 171 g/mol. The van der Waals surface area contributed by atoms with E-state index in [2.05, 4.69) is 11.9 Å². The van der Waals surface area contributed by atoms with E-state index in [0.717, 1.165) is 5.57 Å². The highest BCUT2D eigenvalue weighted by Crippen LogP contribution is 1.97. The molecule has 0 fully saturated rings. The van der Waals surface area contributed by atoms with E-state index in [1.54, 1.807) is 6.92 Å². The smallest absolute Gasteiger partial charge is 0.249 e. The summed E-state index contributed by atoms with van der Waals surface area (Å²) in [6.07, 6.45) is -0.396. The van der Waals surface area contributed by atoms with E-state index in [0.29, 0.717) is 0 Å². The molecular formula is C9H17NO2. The van der Waals surface area contributed by atoms with Crippen LogP contribution in [0.3, 0.4) is 0 Å². The van der Waals surface area contributed by atoms with Crippen LogP contribution in [0.2, 0.25) is 0 Å². The molecular weight excluding hydrogens is 154 g/mol. The second-order valence-corrected chi connectivity index (χ2v) is 2.95. The molecule has 1 unspecified atom stereocenters. The van der Waals surface area contributed by atoms with Crippen molar-refractivity contribution in [2.24, 2.45) is 0 Å². The summed E-state index contributed by atoms with van der Waals surface area (Å²) >= 11 is 0. The van der Waals surface area contributed by atoms with Crippen molar-refractivity contribution in [3.8, 4) is 0 Å². The predicted molar refractivity (Wildman–Crippen MR) is 48.9 cm³/mol. The Labute approximate surface area is 73.8 Å². The summed E-state index contributed by atoms with van der Waals surface area (Å²) in [7, 11) is 1.51. The summed E-state index contributed by atoms with van der Waals surface area (Å²) < 4.78 is 4.85. The first kappa shape index (κ1) is 11.2. The third kappa shape index (κ3) is 3.53. The van der Waals surface area contributed by atoms with Gasteiger partial charge in [-0.15, -0.1) is 0 Å². The maximum Gasteiger partial charge on any atom is 0.249 e. The number of hydrogen-bond acceptors (Lipinski definition) is 2. The maximum atomic E-state index is 11.2. The van der Waals surface area contributed by atoms with E-state index in [-0.39, 0.29) is 11.9 Å². The first-order chi connectivity index (χ1) is 5.49. The van der Waals surface area contributed by atoms with E-state index in [1.165, 1.54) is 7.11 Å². The fourth-order valence-electron chi connectivity index (χ4n) is 0.561. The molecule has 3 nitrogen and oxygen atoms in total. The predicted octanol–water partition coefficient (Wildman–Crippen LogP) is 1.10. The van der Waals surface area contributed by atoms with Crippen LogP contribution < -0.4 is 5.32 Å². The molecule has 0 spiro atoms. The van der Waals surface area contributed by atoms with Crippen LogP contribution in [0, 0.1) is 0 Å². The summed E-state index contributed by atoms with van der Waals surface area (Å²) in [6, 6.07) is 0.00935. The van der Waals surface area contributed by atoms with Crippen LogP contribution in [0.5, 0.6) is 0 Å². The molecule has 0 aromatic rings. The van der Waals surface area contributed by atoms with Crippen molar-refractivity contribution < 1.29 is 9.53 Å². The van der Waals surface area contributed by atoms with Crippen molar-refractivity contribution in [3.63, 3.8) is 0 Å². The molecule has 0 aliphatic carbocycles. The van der Waals surface area contributed by atoms with Gasteiger partial charge in [0.05, 0.1) is 0 Å². The Kier molecular flexibility index (Phi) is 4.59. The lowest BCUT2D eigenvalue weighted by molar-refractivity contribution is -0.130. The average molecular weight is 171 g/mol. The van der Waals surface area contributed by atoms with Crippen LogP contribution in [-0.4, -0.2) is 25.2 Å². The Morgan fingerprint density at radius 2 is 2.00 bits per heavy atom. The Morgan fingerprint density at radius 1 is 1.50 bits per heavy atom. The Balaban J connectivity index is 3.92. The molecule has 0 heterocycles. The minimum atomic E-state index is -0.396. The van der Waals surface area contributed by atoms with E-state index in [4.69, 9.17) is 4.74 Å². The number of carbonyl (C=O) groups is 1. The van der Waals surface area contributed by atoms with Gasteiger partial charge in [-0.05, 0) is 20.8 Å². The number of methoxy groups -OCH3 is 1. The zero-order chi connectivity index (χ0) is 9.72. The standard InChI is InChI=1S/C9H17NO2/c1-6(2)7(3)10-9(11)8(4)12-5/h7-8H,1H2,2-5H3,(H,10,11)/t7-,8?/m1/s1. The fourth-order valence-corrected chi connectivity index (χ4v) is 0.561. The van der Waals surface area contributed by atoms with E-state index in [1.807, 2.05) is 13.8 Å². The Hall–Kier alpha value is -0.830. The van der Waals surface area contributed by atoms with Crippen LogP contribution in [0.15, 0.2) is 12.2 Å². The molecule has 0 aromatic carbocycles. The molecule has 0 rings (SSSR count). The highest BCUT2D eigenvalue weighted by molar-refractivity contribution is 5.80. The number of rotatable bonds is 4. The largest absolute Gasteiger partial charge is 0.372 e. The molecule has 0 aromatic heterocycles. The molecule has 12 heavy (non-hydrogen) atoms. The molecule has 2 atom stereocenters. The highest BCUT2D eigenvalue weighted by Gasteiger charge is 2.13. The van der Waals surface area contributed by atoms with Gasteiger partial charge in [0, 0.05) is 13.2 Å². The lowest BCUT2D eigenvalue weighted by Crippen LogP contribution is -2.39. The first-order valence-corrected chi connectivity index (χ1v) is 3.97. The zero-order valence-electron chi connectivity index (χ0n) is 8.18. The highest BCUT2D eigenvalue weighted by atomic mass is 16.5. The lowest BCUT2D eigenvalue weighted by atomic mass is 10.2. The van der Waals surface area contributed by atoms with Crippen molar-refractivity contribution in [2.45, 2.75) is 32.9 Å². The molecule has 0 radical (unpaired) electrons. The van der Waals surface area contributed by atoms with Crippen molar-refractivity contribution >= 4 is 5.91 Å². The van der Waals surface area contributed by atoms with Gasteiger partial charge in [-0.1, -0.05) is 12.2 Å². The zero-order valence-corrected chi connectivity index (χ0v) is 8.18. The van der Waals surface area contributed by atoms with Gasteiger partial charge < -0.3 is 10.1 Å². The van der Waals surface area contributed by atoms with Crippen molar-refractivity contribution in [3.05, 3.63) is 12.2 Å². The third-order valence-electron chi connectivity index (χ3n) is 1.82. The van der Waals surface area contributed by atoms with Crippen LogP contribution in [0.25, 0.3) is 0 Å². The van der Waals surface area contributed by atoms with Crippen molar-refractivity contribution in [1.82, 2.24) is 5.32 Å². The Bertz CT molecular complexity index is 177. The Morgan fingerprint density at radius 3 is 2.33 bits per heavy atom. The normalized spacial score (nSPS) is 15.0. The van der Waals surface area contributed by atoms with Gasteiger partial charge in [0.15, 0.2) is 0 Å². The number of nitrogens with one attached hydrogen (secondary N) is 1. The number of amides is 1. The van der Waals surface area contributed by atoms with Crippen molar-refractivity contribution in [2.75, 3.05) is 7.11 Å². The van der Waals surface area contributed by atoms with Gasteiger partial charge >= 0.3 is 0 Å². The second-order valence-electron chi connectivity index (χ2n) is 2.95. The molecule has 0 aliphatic rings. The molecule has 1 N–H and O–H groups in total. The lowest BCUT2D eigenvalue weighted by Gasteiger charge is -2.16. The molecule has 0 bridgehead atoms. The maximum absolute atomic E-state index is 11.2. The van der Waals surface area contributed by atoms with Gasteiger partial charge in [-0.25, -0.2) is 0 Å². The fraction of sp³-hybridized carbons (Fsp3) is 0.667. The molecule has 3 heteroatoms. The summed E-state index contributed by atoms with van der Waals surface area (Å²) in [5.74, 6) is -0.104. The van der Waals surface area contributed by atoms with Crippen LogP contribution in [0.1, 0.15) is 20.8 Å². The topological polar surface area (TPSA) is 38.3 Å². The van der Waals surface area contributed by atoms with Crippen LogP contribution in [0.4, 0.5) is 0 Å². The van der Waals surface area contributed by atoms with Gasteiger partial charge in [-0.2, -0.15) is 0 Å². The third-order valence-corrected chi connectivity index (χ3v) is 1.82. The van der Waals surface area contributed by atoms with Gasteiger partial charge in [-0.3, -0.25) is 4.79 Å². The average Bonchev–Trinajstić information content (AvgIpc) is 2.02.